The first-order chi connectivity index (χ1) is 21.9. The van der Waals surface area contributed by atoms with E-state index in [1.807, 2.05) is 0 Å². The lowest BCUT2D eigenvalue weighted by molar-refractivity contribution is 0.593. The molecule has 4 aromatic carbocycles. The summed E-state index contributed by atoms with van der Waals surface area (Å²) in [6.07, 6.45) is 0. The Morgan fingerprint density at radius 1 is 0.600 bits per heavy atom. The molecule has 4 rings (SSSR count). The Morgan fingerprint density at radius 2 is 1.00 bits per heavy atom. The zero-order valence-electron chi connectivity index (χ0n) is 35.0. The number of hydrogen-bond acceptors (Lipinski definition) is 0. The van der Waals surface area contributed by atoms with Crippen molar-refractivity contribution < 1.29 is 24.7 Å². The summed E-state index contributed by atoms with van der Waals surface area (Å²) in [7, 11) is -5.63. The molecule has 0 unspecified atom stereocenters. The van der Waals surface area contributed by atoms with E-state index in [0.29, 0.717) is 0 Å². The molecule has 0 aliphatic heterocycles. The second-order valence-electron chi connectivity index (χ2n) is 7.75. The molecular formula is C29H30Si. The summed E-state index contributed by atoms with van der Waals surface area (Å²) in [5.74, 6) is 0. The highest BCUT2D eigenvalue weighted by Gasteiger charge is 2.43. The van der Waals surface area contributed by atoms with E-state index >= 15 is 0 Å². The van der Waals surface area contributed by atoms with Gasteiger partial charge < -0.3 is 0 Å². The Hall–Kier alpha value is -2.90. The van der Waals surface area contributed by atoms with Gasteiger partial charge in [-0.15, -0.1) is 0 Å². The molecule has 1 heteroatoms. The van der Waals surface area contributed by atoms with Crippen LogP contribution in [-0.2, 0) is 5.41 Å². The van der Waals surface area contributed by atoms with E-state index in [9.17, 15) is 2.74 Å². The zero-order valence-corrected chi connectivity index (χ0v) is 18.0. The van der Waals surface area contributed by atoms with Gasteiger partial charge in [-0.1, -0.05) is 135 Å². The van der Waals surface area contributed by atoms with Crippen LogP contribution in [0.2, 0.25) is 0 Å². The van der Waals surface area contributed by atoms with Crippen molar-refractivity contribution in [3.63, 3.8) is 0 Å². The molecule has 0 fully saturated rings. The van der Waals surface area contributed by atoms with Gasteiger partial charge >= 0.3 is 0 Å². The van der Waals surface area contributed by atoms with Crippen LogP contribution >= 0.6 is 0 Å². The van der Waals surface area contributed by atoms with Crippen LogP contribution in [-0.4, -0.2) is 8.07 Å². The summed E-state index contributed by atoms with van der Waals surface area (Å²) < 4.78 is 159. The second-order valence-corrected chi connectivity index (χ2v) is 11.2. The minimum atomic E-state index is -5.63. The monoisotopic (exact) mass is 424 g/mol. The van der Waals surface area contributed by atoms with Crippen LogP contribution in [0.15, 0.2) is 109 Å². The van der Waals surface area contributed by atoms with Gasteiger partial charge in [-0.25, -0.2) is 0 Å². The molecule has 0 amide bonds. The summed E-state index contributed by atoms with van der Waals surface area (Å²) in [6.45, 7) is 6.22. The molecule has 0 aliphatic rings. The third-order valence-corrected chi connectivity index (χ3v) is 8.81. The molecule has 0 N–H and O–H groups in total. The van der Waals surface area contributed by atoms with Gasteiger partial charge in [0.05, 0.1) is 24.7 Å². The van der Waals surface area contributed by atoms with Gasteiger partial charge in [-0.05, 0) is 38.6 Å². The lowest BCUT2D eigenvalue weighted by atomic mass is 9.86. The topological polar surface area (TPSA) is 0 Å². The molecule has 4 aromatic rings. The molecule has 30 heavy (non-hydrogen) atoms. The fourth-order valence-electron chi connectivity index (χ4n) is 3.41. The first-order valence-corrected chi connectivity index (χ1v) is 11.2. The van der Waals surface area contributed by atoms with Crippen molar-refractivity contribution in [3.8, 4) is 0 Å². The maximum absolute atomic E-state index is 9.43. The van der Waals surface area contributed by atoms with Crippen molar-refractivity contribution >= 4 is 28.8 Å². The minimum Gasteiger partial charge on any atom is -0.0623 e. The first-order valence-electron chi connectivity index (χ1n) is 18.2. The lowest BCUT2D eigenvalue weighted by Gasteiger charge is -2.38. The smallest absolute Gasteiger partial charge is 0.0623 e. The fourth-order valence-corrected chi connectivity index (χ4v) is 7.47. The van der Waals surface area contributed by atoms with E-state index in [2.05, 4.69) is 0 Å². The third kappa shape index (κ3) is 3.55. The van der Waals surface area contributed by atoms with E-state index in [-0.39, 0.29) is 17.2 Å². The molecule has 0 saturated carbocycles. The maximum Gasteiger partial charge on any atom is 0.179 e. The van der Waals surface area contributed by atoms with Crippen molar-refractivity contribution in [3.05, 3.63) is 120 Å². The number of hydrogen-bond donors (Lipinski definition) is 0. The molecule has 0 aliphatic carbocycles. The maximum atomic E-state index is 9.43. The molecule has 0 radical (unpaired) electrons. The average molecular weight is 425 g/mol. The highest BCUT2D eigenvalue weighted by atomic mass is 28.3. The average Bonchev–Trinajstić information content (AvgIpc) is 3.02. The summed E-state index contributed by atoms with van der Waals surface area (Å²) in [5.41, 5.74) is -1.29. The Labute approximate surface area is 207 Å². The molecule has 0 aromatic heterocycles. The van der Waals surface area contributed by atoms with E-state index in [0.717, 1.165) is 0 Å². The van der Waals surface area contributed by atoms with Crippen LogP contribution in [0.5, 0.6) is 0 Å². The molecule has 150 valence electrons. The van der Waals surface area contributed by atoms with Gasteiger partial charge in [0.25, 0.3) is 0 Å². The van der Waals surface area contributed by atoms with Gasteiger partial charge in [-0.3, -0.25) is 0 Å². The Morgan fingerprint density at radius 3 is 1.37 bits per heavy atom. The van der Waals surface area contributed by atoms with Gasteiger partial charge in [-0.2, -0.15) is 0 Å². The van der Waals surface area contributed by atoms with Gasteiger partial charge in [0.15, 0.2) is 8.07 Å². The lowest BCUT2D eigenvalue weighted by Crippen LogP contribution is -2.75. The number of rotatable bonds is 4. The van der Waals surface area contributed by atoms with Crippen molar-refractivity contribution in [1.82, 2.24) is 0 Å². The van der Waals surface area contributed by atoms with Crippen molar-refractivity contribution in [2.45, 2.75) is 33.1 Å². The molecule has 0 nitrogen and oxygen atoms in total. The van der Waals surface area contributed by atoms with Crippen LogP contribution in [0.4, 0.5) is 0 Å². The third-order valence-electron chi connectivity index (χ3n) is 4.69. The van der Waals surface area contributed by atoms with E-state index in [1.54, 1.807) is 20.8 Å². The first kappa shape index (κ1) is 7.98. The Kier molecular flexibility index (Phi) is 2.15. The summed E-state index contributed by atoms with van der Waals surface area (Å²) in [4.78, 5) is 0. The van der Waals surface area contributed by atoms with Crippen LogP contribution in [0.1, 0.15) is 56.6 Å². The van der Waals surface area contributed by atoms with Crippen molar-refractivity contribution in [2.75, 3.05) is 0 Å². The standard InChI is InChI=1S/C29H30Si/c1-23-20-21-28(27(22-23)29(2,3)4)30(24-14-8-5-9-15-24,25-16-10-6-11-17-25)26-18-12-7-13-19-26/h5-22H,1-4H3/i5D,6D,7D,8D,9D,10D,11D,12D,13D,14D,15D,16D,17D,18D,19D,20D,21D,22D. The van der Waals surface area contributed by atoms with Crippen LogP contribution in [0.25, 0.3) is 0 Å². The molecular weight excluding hydrogens is 376 g/mol. The summed E-state index contributed by atoms with van der Waals surface area (Å²) >= 11 is 0. The minimum absolute atomic E-state index is 0.000224. The molecule has 0 spiro atoms. The fraction of sp³-hybridized carbons (Fsp3) is 0.172. The molecule has 0 heterocycles. The van der Waals surface area contributed by atoms with E-state index < -0.39 is 137 Å². The van der Waals surface area contributed by atoms with Crippen LogP contribution in [0.3, 0.4) is 0 Å². The summed E-state index contributed by atoms with van der Waals surface area (Å²) in [5, 5.41) is -2.74. The van der Waals surface area contributed by atoms with Gasteiger partial charge in [0, 0.05) is 0 Å². The zero-order chi connectivity index (χ0) is 36.9. The normalized spacial score (nSPS) is 20.4. The van der Waals surface area contributed by atoms with Crippen LogP contribution < -0.4 is 20.7 Å². The molecule has 0 saturated heterocycles. The predicted octanol–water partition coefficient (Wildman–Crippen LogP) is 4.67. The van der Waals surface area contributed by atoms with E-state index in [4.69, 9.17) is 21.9 Å². The predicted molar refractivity (Wildman–Crippen MR) is 133 cm³/mol. The second kappa shape index (κ2) is 8.08. The van der Waals surface area contributed by atoms with Gasteiger partial charge in [0.1, 0.15) is 0 Å². The van der Waals surface area contributed by atoms with Crippen molar-refractivity contribution in [2.24, 2.45) is 0 Å². The highest BCUT2D eigenvalue weighted by molar-refractivity contribution is 7.20. The molecule has 0 bridgehead atoms. The molecule has 0 atom stereocenters. The van der Waals surface area contributed by atoms with E-state index in [1.165, 1.54) is 6.92 Å². The summed E-state index contributed by atoms with van der Waals surface area (Å²) in [6, 6.07) is -15.7. The largest absolute Gasteiger partial charge is 0.179 e. The van der Waals surface area contributed by atoms with Gasteiger partial charge in [0.2, 0.25) is 0 Å². The highest BCUT2D eigenvalue weighted by Crippen LogP contribution is 2.24. The Bertz CT molecular complexity index is 1810. The number of benzene rings is 4. The quantitative estimate of drug-likeness (QED) is 0.330. The Balaban J connectivity index is 2.77. The van der Waals surface area contributed by atoms with Crippen molar-refractivity contribution in [1.29, 1.82) is 0 Å². The van der Waals surface area contributed by atoms with Crippen LogP contribution in [0, 0.1) is 6.92 Å². The SMILES string of the molecule is [2H]c1c([2H])c([2H])c([Si](c2c([2H])c([2H])c([2H])c([2H])c2[2H])(c2c([2H])c([2H])c([2H])c([2H])c2[2H])c2c([2H])c([2H])c(C)c([2H])c2C(C)(C)C)c([2H])c1[2H].